The number of pyridine rings is 1. The monoisotopic (exact) mass is 447 g/mol. The molecule has 2 bridgehead atoms. The number of fused-ring (bicyclic) bond motifs is 4. The van der Waals surface area contributed by atoms with Crippen LogP contribution < -0.4 is 4.74 Å². The number of carbonyl (C=O) groups excluding carboxylic acids is 1. The Hall–Kier alpha value is -2.40. The Labute approximate surface area is 198 Å². The minimum Gasteiger partial charge on any atom is -0.492 e. The van der Waals surface area contributed by atoms with Crippen molar-refractivity contribution in [2.45, 2.75) is 76.9 Å². The van der Waals surface area contributed by atoms with Crippen molar-refractivity contribution in [2.24, 2.45) is 5.92 Å². The fourth-order valence-corrected chi connectivity index (χ4v) is 5.90. The number of nitrogens with zero attached hydrogens (tertiary/aromatic N) is 3. The highest BCUT2D eigenvalue weighted by Crippen LogP contribution is 2.36. The normalized spacial score (nSPS) is 24.0. The summed E-state index contributed by atoms with van der Waals surface area (Å²) >= 11 is 0. The van der Waals surface area contributed by atoms with E-state index in [0.29, 0.717) is 12.3 Å². The van der Waals surface area contributed by atoms with Crippen molar-refractivity contribution in [1.82, 2.24) is 14.8 Å². The molecule has 0 N–H and O–H groups in total. The standard InChI is InChI=1S/C28H37N3O2/c1-3-4-13-33-26-11-12-27(29-17-26)28(32)30(2)25-15-22-8-5-21(14-23(22)16-25)19-31-18-20-6-9-24(31)10-7-20/h5,8,11-12,14,17,20,24-25H,3-4,6-7,9-10,13,15-16,18-19H2,1-2H3. The van der Waals surface area contributed by atoms with E-state index in [1.54, 1.807) is 12.3 Å². The maximum atomic E-state index is 13.1. The number of ether oxygens (including phenoxy) is 1. The summed E-state index contributed by atoms with van der Waals surface area (Å²) in [6, 6.07) is 11.6. The molecule has 3 heterocycles. The predicted molar refractivity (Wildman–Crippen MR) is 131 cm³/mol. The number of amides is 1. The second-order valence-electron chi connectivity index (χ2n) is 10.3. The summed E-state index contributed by atoms with van der Waals surface area (Å²) in [5.41, 5.74) is 4.71. The molecule has 1 aromatic heterocycles. The zero-order valence-corrected chi connectivity index (χ0v) is 20.1. The van der Waals surface area contributed by atoms with E-state index in [1.165, 1.54) is 48.9 Å². The number of piperidine rings is 2. The molecule has 1 unspecified atom stereocenters. The van der Waals surface area contributed by atoms with Crippen LogP contribution in [0, 0.1) is 5.92 Å². The topological polar surface area (TPSA) is 45.7 Å². The molecule has 33 heavy (non-hydrogen) atoms. The van der Waals surface area contributed by atoms with Crippen molar-refractivity contribution < 1.29 is 9.53 Å². The Bertz CT molecular complexity index is 966. The van der Waals surface area contributed by atoms with Crippen LogP contribution in [0.1, 0.15) is 72.6 Å². The third-order valence-corrected chi connectivity index (χ3v) is 7.98. The highest BCUT2D eigenvalue weighted by molar-refractivity contribution is 5.92. The zero-order valence-electron chi connectivity index (χ0n) is 20.1. The molecule has 4 aliphatic rings. The van der Waals surface area contributed by atoms with E-state index < -0.39 is 0 Å². The molecule has 0 radical (unpaired) electrons. The lowest BCUT2D eigenvalue weighted by molar-refractivity contribution is 0.0426. The summed E-state index contributed by atoms with van der Waals surface area (Å²) in [6.45, 7) is 5.17. The van der Waals surface area contributed by atoms with Crippen LogP contribution in [0.15, 0.2) is 36.5 Å². The van der Waals surface area contributed by atoms with Gasteiger partial charge in [0.2, 0.25) is 0 Å². The summed E-state index contributed by atoms with van der Waals surface area (Å²) in [7, 11) is 1.91. The first-order chi connectivity index (χ1) is 16.1. The minimum absolute atomic E-state index is 0.0162. The van der Waals surface area contributed by atoms with E-state index in [-0.39, 0.29) is 11.9 Å². The number of rotatable bonds is 8. The molecule has 176 valence electrons. The van der Waals surface area contributed by atoms with Crippen LogP contribution in [0.3, 0.4) is 0 Å². The molecule has 1 saturated carbocycles. The quantitative estimate of drug-likeness (QED) is 0.542. The van der Waals surface area contributed by atoms with Crippen molar-refractivity contribution in [3.8, 4) is 5.75 Å². The van der Waals surface area contributed by atoms with Crippen LogP contribution in [0.2, 0.25) is 0 Å². The lowest BCUT2D eigenvalue weighted by Crippen LogP contribution is -2.47. The van der Waals surface area contributed by atoms with Crippen molar-refractivity contribution in [1.29, 1.82) is 0 Å². The van der Waals surface area contributed by atoms with E-state index in [2.05, 4.69) is 35.0 Å². The van der Waals surface area contributed by atoms with Gasteiger partial charge in [0.05, 0.1) is 12.8 Å². The Morgan fingerprint density at radius 3 is 2.64 bits per heavy atom. The lowest BCUT2D eigenvalue weighted by atomic mass is 9.80. The lowest BCUT2D eigenvalue weighted by Gasteiger charge is -2.45. The molecular formula is C28H37N3O2. The fraction of sp³-hybridized carbons (Fsp3) is 0.571. The van der Waals surface area contributed by atoms with Crippen LogP contribution in [0.25, 0.3) is 0 Å². The van der Waals surface area contributed by atoms with Gasteiger partial charge >= 0.3 is 0 Å². The van der Waals surface area contributed by atoms with Crippen LogP contribution in [0.4, 0.5) is 0 Å². The third kappa shape index (κ3) is 4.93. The van der Waals surface area contributed by atoms with Gasteiger partial charge in [0.1, 0.15) is 11.4 Å². The van der Waals surface area contributed by atoms with E-state index in [0.717, 1.165) is 49.9 Å². The van der Waals surface area contributed by atoms with Gasteiger partial charge < -0.3 is 9.64 Å². The first kappa shape index (κ1) is 22.4. The molecule has 3 fully saturated rings. The Morgan fingerprint density at radius 2 is 1.94 bits per heavy atom. The van der Waals surface area contributed by atoms with Crippen LogP contribution in [-0.2, 0) is 19.4 Å². The molecule has 2 aliphatic heterocycles. The Balaban J connectivity index is 1.19. The van der Waals surface area contributed by atoms with Gasteiger partial charge in [-0.2, -0.15) is 0 Å². The molecule has 0 spiro atoms. The van der Waals surface area contributed by atoms with Gasteiger partial charge in [0.25, 0.3) is 5.91 Å². The van der Waals surface area contributed by atoms with E-state index in [4.69, 9.17) is 4.74 Å². The largest absolute Gasteiger partial charge is 0.492 e. The number of aromatic nitrogens is 1. The van der Waals surface area contributed by atoms with Crippen LogP contribution in [0.5, 0.6) is 5.75 Å². The van der Waals surface area contributed by atoms with Gasteiger partial charge in [0.15, 0.2) is 0 Å². The molecule has 1 aromatic carbocycles. The molecule has 2 aliphatic carbocycles. The van der Waals surface area contributed by atoms with Crippen LogP contribution in [-0.4, -0.2) is 53.0 Å². The van der Waals surface area contributed by atoms with Crippen molar-refractivity contribution >= 4 is 5.91 Å². The Kier molecular flexibility index (Phi) is 6.68. The maximum Gasteiger partial charge on any atom is 0.272 e. The molecule has 2 saturated heterocycles. The van der Waals surface area contributed by atoms with Crippen molar-refractivity contribution in [2.75, 3.05) is 20.2 Å². The zero-order chi connectivity index (χ0) is 22.8. The summed E-state index contributed by atoms with van der Waals surface area (Å²) in [4.78, 5) is 22.0. The van der Waals surface area contributed by atoms with Gasteiger partial charge in [0, 0.05) is 32.2 Å². The van der Waals surface area contributed by atoms with Gasteiger partial charge in [-0.3, -0.25) is 9.69 Å². The van der Waals surface area contributed by atoms with E-state index in [9.17, 15) is 4.79 Å². The highest BCUT2D eigenvalue weighted by Gasteiger charge is 2.34. The van der Waals surface area contributed by atoms with Gasteiger partial charge in [-0.25, -0.2) is 4.98 Å². The van der Waals surface area contributed by atoms with Crippen molar-refractivity contribution in [3.63, 3.8) is 0 Å². The van der Waals surface area contributed by atoms with E-state index in [1.807, 2.05) is 18.0 Å². The first-order valence-corrected chi connectivity index (χ1v) is 12.8. The number of unbranched alkanes of at least 4 members (excludes halogenated alkanes) is 1. The highest BCUT2D eigenvalue weighted by atomic mass is 16.5. The molecular weight excluding hydrogens is 410 g/mol. The van der Waals surface area contributed by atoms with Crippen LogP contribution >= 0.6 is 0 Å². The number of hydrogen-bond acceptors (Lipinski definition) is 4. The van der Waals surface area contributed by atoms with Crippen molar-refractivity contribution in [3.05, 3.63) is 58.9 Å². The summed E-state index contributed by atoms with van der Waals surface area (Å²) in [5, 5.41) is 0. The smallest absolute Gasteiger partial charge is 0.272 e. The molecule has 6 rings (SSSR count). The SMILES string of the molecule is CCCCOc1ccc(C(=O)N(C)C2Cc3ccc(CN4CC5CCC4CC5)cc3C2)nc1. The predicted octanol–water partition coefficient (Wildman–Crippen LogP) is 4.87. The average Bonchev–Trinajstić information content (AvgIpc) is 3.28. The molecule has 5 heteroatoms. The summed E-state index contributed by atoms with van der Waals surface area (Å²) in [6.07, 6.45) is 11.2. The average molecular weight is 448 g/mol. The van der Waals surface area contributed by atoms with E-state index >= 15 is 0 Å². The second kappa shape index (κ2) is 9.84. The summed E-state index contributed by atoms with van der Waals surface area (Å²) < 4.78 is 5.67. The fourth-order valence-electron chi connectivity index (χ4n) is 5.90. The number of carbonyl (C=O) groups is 1. The molecule has 5 nitrogen and oxygen atoms in total. The minimum atomic E-state index is -0.0162. The molecule has 2 aromatic rings. The maximum absolute atomic E-state index is 13.1. The number of likely N-dealkylation sites (N-methyl/N-ethyl adjacent to an activating group) is 1. The van der Waals surface area contributed by atoms with Gasteiger partial charge in [-0.1, -0.05) is 31.5 Å². The number of hydrogen-bond donors (Lipinski definition) is 0. The second-order valence-corrected chi connectivity index (χ2v) is 10.3. The summed E-state index contributed by atoms with van der Waals surface area (Å²) in [5.74, 6) is 1.63. The third-order valence-electron chi connectivity index (χ3n) is 7.98. The molecule has 1 amide bonds. The Morgan fingerprint density at radius 1 is 1.12 bits per heavy atom. The first-order valence-electron chi connectivity index (χ1n) is 12.8. The van der Waals surface area contributed by atoms with Gasteiger partial charge in [-0.15, -0.1) is 0 Å². The van der Waals surface area contributed by atoms with Gasteiger partial charge in [-0.05, 0) is 79.7 Å². The molecule has 1 atom stereocenters. The number of benzene rings is 1.